The molecule has 0 aromatic heterocycles. The molecule has 0 aliphatic rings. The van der Waals surface area contributed by atoms with Crippen LogP contribution in [0.25, 0.3) is 0 Å². The molecule has 0 bridgehead atoms. The maximum Gasteiger partial charge on any atom is 0.248 e. The first kappa shape index (κ1) is 16.6. The molecule has 0 radical (unpaired) electrons. The zero-order valence-corrected chi connectivity index (χ0v) is 12.4. The number of hydrogen-bond donors (Lipinski definition) is 3. The highest BCUT2D eigenvalue weighted by Crippen LogP contribution is 2.11. The fraction of sp³-hybridized carbons (Fsp3) is 0.462. The van der Waals surface area contributed by atoms with E-state index in [-0.39, 0.29) is 22.9 Å². The molecular formula is C13H20N2O4S. The SMILES string of the molecule is CC(C)CC(O)CNS(=O)(=O)c1ccc(C(N)=O)cc1. The Morgan fingerprint density at radius 1 is 1.30 bits per heavy atom. The van der Waals surface area contributed by atoms with Crippen LogP contribution in [0, 0.1) is 5.92 Å². The van der Waals surface area contributed by atoms with Crippen LogP contribution in [0.15, 0.2) is 29.2 Å². The molecule has 0 heterocycles. The van der Waals surface area contributed by atoms with Crippen LogP contribution in [-0.2, 0) is 10.0 Å². The number of carbonyl (C=O) groups is 1. The lowest BCUT2D eigenvalue weighted by Crippen LogP contribution is -2.32. The number of benzene rings is 1. The fourth-order valence-corrected chi connectivity index (χ4v) is 2.79. The first-order chi connectivity index (χ1) is 9.22. The molecule has 1 atom stereocenters. The maximum absolute atomic E-state index is 12.0. The van der Waals surface area contributed by atoms with Crippen LogP contribution in [0.4, 0.5) is 0 Å². The highest BCUT2D eigenvalue weighted by molar-refractivity contribution is 7.89. The minimum atomic E-state index is -3.70. The molecule has 0 saturated carbocycles. The molecule has 1 aromatic carbocycles. The smallest absolute Gasteiger partial charge is 0.248 e. The average Bonchev–Trinajstić information content (AvgIpc) is 2.36. The topological polar surface area (TPSA) is 109 Å². The summed E-state index contributed by atoms with van der Waals surface area (Å²) in [6.07, 6.45) is -0.210. The Kier molecular flexibility index (Phi) is 5.67. The summed E-state index contributed by atoms with van der Waals surface area (Å²) in [5.74, 6) is -0.335. The monoisotopic (exact) mass is 300 g/mol. The summed E-state index contributed by atoms with van der Waals surface area (Å²) in [5, 5.41) is 9.66. The Morgan fingerprint density at radius 3 is 2.30 bits per heavy atom. The molecule has 0 spiro atoms. The van der Waals surface area contributed by atoms with Crippen LogP contribution >= 0.6 is 0 Å². The van der Waals surface area contributed by atoms with Crippen molar-refractivity contribution >= 4 is 15.9 Å². The van der Waals surface area contributed by atoms with Gasteiger partial charge in [-0.25, -0.2) is 13.1 Å². The Labute approximate surface area is 119 Å². The summed E-state index contributed by atoms with van der Waals surface area (Å²) < 4.78 is 26.3. The predicted molar refractivity (Wildman–Crippen MR) is 75.6 cm³/mol. The van der Waals surface area contributed by atoms with Crippen molar-refractivity contribution in [2.24, 2.45) is 11.7 Å². The molecule has 1 aromatic rings. The largest absolute Gasteiger partial charge is 0.392 e. The van der Waals surface area contributed by atoms with Gasteiger partial charge in [0.25, 0.3) is 0 Å². The fourth-order valence-electron chi connectivity index (χ4n) is 1.72. The molecule has 7 heteroatoms. The zero-order chi connectivity index (χ0) is 15.3. The van der Waals surface area contributed by atoms with Gasteiger partial charge >= 0.3 is 0 Å². The Bertz CT molecular complexity index is 552. The van der Waals surface area contributed by atoms with Crippen LogP contribution in [0.5, 0.6) is 0 Å². The van der Waals surface area contributed by atoms with Gasteiger partial charge in [0.05, 0.1) is 11.0 Å². The van der Waals surface area contributed by atoms with E-state index in [0.29, 0.717) is 6.42 Å². The van der Waals surface area contributed by atoms with Crippen LogP contribution in [0.1, 0.15) is 30.6 Å². The van der Waals surface area contributed by atoms with Gasteiger partial charge in [-0.2, -0.15) is 0 Å². The van der Waals surface area contributed by atoms with E-state index in [4.69, 9.17) is 5.73 Å². The van der Waals surface area contributed by atoms with Gasteiger partial charge in [0.2, 0.25) is 15.9 Å². The van der Waals surface area contributed by atoms with E-state index in [2.05, 4.69) is 4.72 Å². The number of amides is 1. The number of aliphatic hydroxyl groups excluding tert-OH is 1. The van der Waals surface area contributed by atoms with E-state index in [9.17, 15) is 18.3 Å². The van der Waals surface area contributed by atoms with Crippen molar-refractivity contribution in [3.05, 3.63) is 29.8 Å². The molecule has 0 aliphatic heterocycles. The third kappa shape index (κ3) is 4.92. The van der Waals surface area contributed by atoms with Crippen molar-refractivity contribution < 1.29 is 18.3 Å². The van der Waals surface area contributed by atoms with Crippen molar-refractivity contribution in [1.29, 1.82) is 0 Å². The van der Waals surface area contributed by atoms with Crippen molar-refractivity contribution in [1.82, 2.24) is 4.72 Å². The first-order valence-corrected chi connectivity index (χ1v) is 7.78. The molecule has 1 rings (SSSR count). The van der Waals surface area contributed by atoms with Crippen molar-refractivity contribution in [3.8, 4) is 0 Å². The standard InChI is InChI=1S/C13H20N2O4S/c1-9(2)7-11(16)8-15-20(18,19)12-5-3-10(4-6-12)13(14)17/h3-6,9,11,15-16H,7-8H2,1-2H3,(H2,14,17). The number of carbonyl (C=O) groups excluding carboxylic acids is 1. The van der Waals surface area contributed by atoms with E-state index in [1.165, 1.54) is 24.3 Å². The van der Waals surface area contributed by atoms with Gasteiger partial charge in [0, 0.05) is 12.1 Å². The molecular weight excluding hydrogens is 280 g/mol. The van der Waals surface area contributed by atoms with Crippen LogP contribution in [0.3, 0.4) is 0 Å². The van der Waals surface area contributed by atoms with Gasteiger partial charge in [-0.1, -0.05) is 13.8 Å². The molecule has 112 valence electrons. The minimum absolute atomic E-state index is 0.0271. The number of hydrogen-bond acceptors (Lipinski definition) is 4. The second-order valence-corrected chi connectivity index (χ2v) is 6.79. The summed E-state index contributed by atoms with van der Waals surface area (Å²) in [4.78, 5) is 10.9. The quantitative estimate of drug-likeness (QED) is 0.680. The van der Waals surface area contributed by atoms with E-state index in [0.717, 1.165) is 0 Å². The summed E-state index contributed by atoms with van der Waals surface area (Å²) >= 11 is 0. The second-order valence-electron chi connectivity index (χ2n) is 5.02. The molecule has 6 nitrogen and oxygen atoms in total. The Balaban J connectivity index is 2.71. The molecule has 4 N–H and O–H groups in total. The van der Waals surface area contributed by atoms with Gasteiger partial charge in [-0.15, -0.1) is 0 Å². The minimum Gasteiger partial charge on any atom is -0.392 e. The first-order valence-electron chi connectivity index (χ1n) is 6.30. The van der Waals surface area contributed by atoms with Crippen LogP contribution < -0.4 is 10.5 Å². The molecule has 20 heavy (non-hydrogen) atoms. The van der Waals surface area contributed by atoms with Gasteiger partial charge in [-0.3, -0.25) is 4.79 Å². The lowest BCUT2D eigenvalue weighted by atomic mass is 10.1. The van der Waals surface area contributed by atoms with E-state index >= 15 is 0 Å². The predicted octanol–water partition coefficient (Wildman–Crippen LogP) is 0.471. The highest BCUT2D eigenvalue weighted by atomic mass is 32.2. The number of nitrogens with two attached hydrogens (primary N) is 1. The van der Waals surface area contributed by atoms with Gasteiger partial charge < -0.3 is 10.8 Å². The Morgan fingerprint density at radius 2 is 1.85 bits per heavy atom. The molecule has 1 unspecified atom stereocenters. The third-order valence-corrected chi connectivity index (χ3v) is 4.14. The summed E-state index contributed by atoms with van der Waals surface area (Å²) in [6, 6.07) is 5.30. The van der Waals surface area contributed by atoms with Gasteiger partial charge in [0.15, 0.2) is 0 Å². The maximum atomic E-state index is 12.0. The molecule has 1 amide bonds. The summed E-state index contributed by atoms with van der Waals surface area (Å²) in [5.41, 5.74) is 5.32. The normalized spacial score (nSPS) is 13.4. The number of sulfonamides is 1. The summed E-state index contributed by atoms with van der Waals surface area (Å²) in [7, 11) is -3.70. The lowest BCUT2D eigenvalue weighted by molar-refractivity contribution is 0.1000. The van der Waals surface area contributed by atoms with Gasteiger partial charge in [-0.05, 0) is 36.6 Å². The highest BCUT2D eigenvalue weighted by Gasteiger charge is 2.16. The number of aliphatic hydroxyl groups is 1. The van der Waals surface area contributed by atoms with Crippen molar-refractivity contribution in [2.45, 2.75) is 31.3 Å². The number of nitrogens with one attached hydrogen (secondary N) is 1. The summed E-state index contributed by atoms with van der Waals surface area (Å²) in [6.45, 7) is 3.85. The van der Waals surface area contributed by atoms with Crippen LogP contribution in [-0.4, -0.2) is 32.1 Å². The van der Waals surface area contributed by atoms with E-state index < -0.39 is 22.0 Å². The van der Waals surface area contributed by atoms with Crippen molar-refractivity contribution in [2.75, 3.05) is 6.54 Å². The van der Waals surface area contributed by atoms with E-state index in [1.54, 1.807) is 0 Å². The zero-order valence-electron chi connectivity index (χ0n) is 11.5. The van der Waals surface area contributed by atoms with Gasteiger partial charge in [0.1, 0.15) is 0 Å². The Hall–Kier alpha value is -1.44. The van der Waals surface area contributed by atoms with E-state index in [1.807, 2.05) is 13.8 Å². The second kappa shape index (κ2) is 6.83. The number of rotatable bonds is 7. The lowest BCUT2D eigenvalue weighted by Gasteiger charge is -2.14. The van der Waals surface area contributed by atoms with Crippen molar-refractivity contribution in [3.63, 3.8) is 0 Å². The molecule has 0 saturated heterocycles. The molecule has 0 aliphatic carbocycles. The van der Waals surface area contributed by atoms with Crippen LogP contribution in [0.2, 0.25) is 0 Å². The third-order valence-electron chi connectivity index (χ3n) is 2.70. The molecule has 0 fully saturated rings. The average molecular weight is 300 g/mol. The number of primary amides is 1.